The second-order valence-electron chi connectivity index (χ2n) is 4.63. The highest BCUT2D eigenvalue weighted by atomic mass is 35.5. The molecular formula is C13H21ClFN5. The summed E-state index contributed by atoms with van der Waals surface area (Å²) >= 11 is 0. The van der Waals surface area contributed by atoms with Gasteiger partial charge in [-0.05, 0) is 19.4 Å². The maximum atomic E-state index is 13.7. The van der Waals surface area contributed by atoms with Gasteiger partial charge in [0.1, 0.15) is 0 Å². The minimum absolute atomic E-state index is 0. The van der Waals surface area contributed by atoms with Crippen molar-refractivity contribution >= 4 is 12.4 Å². The van der Waals surface area contributed by atoms with Gasteiger partial charge in [-0.3, -0.25) is 4.68 Å². The lowest BCUT2D eigenvalue weighted by Crippen LogP contribution is -2.17. The summed E-state index contributed by atoms with van der Waals surface area (Å²) in [6.45, 7) is 6.00. The van der Waals surface area contributed by atoms with Crippen molar-refractivity contribution in [1.82, 2.24) is 24.9 Å². The molecule has 0 fully saturated rings. The monoisotopic (exact) mass is 301 g/mol. The van der Waals surface area contributed by atoms with Crippen LogP contribution >= 0.6 is 12.4 Å². The van der Waals surface area contributed by atoms with E-state index in [0.717, 1.165) is 24.4 Å². The van der Waals surface area contributed by atoms with Crippen molar-refractivity contribution in [3.63, 3.8) is 0 Å². The molecule has 2 aromatic rings. The molecule has 7 heteroatoms. The topological polar surface area (TPSA) is 47.7 Å². The summed E-state index contributed by atoms with van der Waals surface area (Å²) in [6, 6.07) is 1.98. The third-order valence-corrected chi connectivity index (χ3v) is 3.12. The minimum atomic E-state index is -0.271. The average Bonchev–Trinajstić information content (AvgIpc) is 2.90. The molecule has 0 amide bonds. The first kappa shape index (κ1) is 16.7. The molecule has 2 rings (SSSR count). The van der Waals surface area contributed by atoms with E-state index in [0.29, 0.717) is 18.7 Å². The molecule has 0 spiro atoms. The Morgan fingerprint density at radius 2 is 2.10 bits per heavy atom. The van der Waals surface area contributed by atoms with Crippen LogP contribution < -0.4 is 5.32 Å². The van der Waals surface area contributed by atoms with Crippen molar-refractivity contribution in [3.05, 3.63) is 35.2 Å². The molecule has 2 aromatic heterocycles. The molecule has 112 valence electrons. The Kier molecular flexibility index (Phi) is 6.16. The smallest absolute Gasteiger partial charge is 0.215 e. The Morgan fingerprint density at radius 3 is 2.70 bits per heavy atom. The van der Waals surface area contributed by atoms with Crippen molar-refractivity contribution in [2.75, 3.05) is 0 Å². The van der Waals surface area contributed by atoms with Crippen LogP contribution in [0.4, 0.5) is 4.39 Å². The fourth-order valence-electron chi connectivity index (χ4n) is 2.11. The van der Waals surface area contributed by atoms with Gasteiger partial charge < -0.3 is 5.32 Å². The number of aryl methyl sites for hydroxylation is 3. The molecule has 0 aliphatic heterocycles. The van der Waals surface area contributed by atoms with Crippen molar-refractivity contribution in [2.24, 2.45) is 7.05 Å². The minimum Gasteiger partial charge on any atom is -0.307 e. The van der Waals surface area contributed by atoms with Crippen LogP contribution in [0.15, 0.2) is 12.3 Å². The van der Waals surface area contributed by atoms with Gasteiger partial charge in [0.25, 0.3) is 0 Å². The molecule has 0 aromatic carbocycles. The maximum Gasteiger partial charge on any atom is 0.215 e. The molecule has 0 unspecified atom stereocenters. The lowest BCUT2D eigenvalue weighted by Gasteiger charge is -2.07. The van der Waals surface area contributed by atoms with Crippen LogP contribution in [-0.2, 0) is 26.7 Å². The number of nitrogens with zero attached hydrogens (tertiary/aromatic N) is 4. The normalized spacial score (nSPS) is 10.6. The van der Waals surface area contributed by atoms with E-state index < -0.39 is 0 Å². The number of aromatic nitrogens is 4. The quantitative estimate of drug-likeness (QED) is 0.890. The summed E-state index contributed by atoms with van der Waals surface area (Å²) in [6.07, 6.45) is 2.84. The highest BCUT2D eigenvalue weighted by molar-refractivity contribution is 5.85. The van der Waals surface area contributed by atoms with Crippen molar-refractivity contribution < 1.29 is 4.39 Å². The molecule has 0 aliphatic carbocycles. The van der Waals surface area contributed by atoms with Gasteiger partial charge >= 0.3 is 0 Å². The van der Waals surface area contributed by atoms with Gasteiger partial charge in [-0.2, -0.15) is 14.6 Å². The van der Waals surface area contributed by atoms with Crippen LogP contribution in [0.2, 0.25) is 0 Å². The molecular weight excluding hydrogens is 281 g/mol. The van der Waals surface area contributed by atoms with Crippen LogP contribution in [0.5, 0.6) is 0 Å². The first-order valence-corrected chi connectivity index (χ1v) is 6.52. The van der Waals surface area contributed by atoms with Crippen LogP contribution in [-0.4, -0.2) is 19.6 Å². The Morgan fingerprint density at radius 1 is 1.35 bits per heavy atom. The molecule has 0 radical (unpaired) electrons. The molecule has 1 N–H and O–H groups in total. The second kappa shape index (κ2) is 7.40. The van der Waals surface area contributed by atoms with Crippen molar-refractivity contribution in [1.29, 1.82) is 0 Å². The number of nitrogens with one attached hydrogen (secondary N) is 1. The van der Waals surface area contributed by atoms with Gasteiger partial charge in [-0.15, -0.1) is 12.4 Å². The maximum absolute atomic E-state index is 13.7. The lowest BCUT2D eigenvalue weighted by atomic mass is 10.2. The largest absolute Gasteiger partial charge is 0.307 e. The summed E-state index contributed by atoms with van der Waals surface area (Å²) in [4.78, 5) is 0. The van der Waals surface area contributed by atoms with E-state index in [9.17, 15) is 4.39 Å². The molecule has 2 heterocycles. The van der Waals surface area contributed by atoms with E-state index in [1.807, 2.05) is 17.7 Å². The molecule has 0 atom stereocenters. The molecule has 0 saturated carbocycles. The van der Waals surface area contributed by atoms with Crippen molar-refractivity contribution in [3.8, 4) is 0 Å². The zero-order chi connectivity index (χ0) is 13.8. The highest BCUT2D eigenvalue weighted by Gasteiger charge is 2.12. The van der Waals surface area contributed by atoms with E-state index in [2.05, 4.69) is 22.4 Å². The third-order valence-electron chi connectivity index (χ3n) is 3.12. The summed E-state index contributed by atoms with van der Waals surface area (Å²) in [7, 11) is 1.61. The van der Waals surface area contributed by atoms with E-state index in [1.165, 1.54) is 4.68 Å². The number of hydrogen-bond donors (Lipinski definition) is 1. The summed E-state index contributed by atoms with van der Waals surface area (Å²) in [5.74, 6) is -0.271. The molecule has 5 nitrogen and oxygen atoms in total. The summed E-state index contributed by atoms with van der Waals surface area (Å²) in [5, 5.41) is 11.6. The molecule has 20 heavy (non-hydrogen) atoms. The molecule has 0 saturated heterocycles. The molecule has 0 aliphatic rings. The number of rotatable bonds is 6. The summed E-state index contributed by atoms with van der Waals surface area (Å²) < 4.78 is 17.0. The first-order valence-electron chi connectivity index (χ1n) is 6.52. The fourth-order valence-corrected chi connectivity index (χ4v) is 2.11. The van der Waals surface area contributed by atoms with Crippen LogP contribution in [0.25, 0.3) is 0 Å². The zero-order valence-electron chi connectivity index (χ0n) is 12.1. The van der Waals surface area contributed by atoms with Gasteiger partial charge in [0.05, 0.1) is 11.4 Å². The van der Waals surface area contributed by atoms with Crippen LogP contribution in [0, 0.1) is 12.9 Å². The van der Waals surface area contributed by atoms with E-state index >= 15 is 0 Å². The van der Waals surface area contributed by atoms with Gasteiger partial charge in [-0.1, -0.05) is 6.92 Å². The fraction of sp³-hybridized carbons (Fsp3) is 0.538. The van der Waals surface area contributed by atoms with E-state index in [-0.39, 0.29) is 18.4 Å². The SMILES string of the molecule is CCCn1nccc1CNCc1c(C)nn(C)c1F.Cl. The van der Waals surface area contributed by atoms with Gasteiger partial charge in [0.15, 0.2) is 0 Å². The Balaban J connectivity index is 0.00000200. The highest BCUT2D eigenvalue weighted by Crippen LogP contribution is 2.11. The predicted octanol–water partition coefficient (Wildman–Crippen LogP) is 2.19. The number of halogens is 2. The first-order chi connectivity index (χ1) is 9.13. The van der Waals surface area contributed by atoms with E-state index in [4.69, 9.17) is 0 Å². The molecule has 0 bridgehead atoms. The second-order valence-corrected chi connectivity index (χ2v) is 4.63. The van der Waals surface area contributed by atoms with Gasteiger partial charge in [0, 0.05) is 38.4 Å². The number of hydrogen-bond acceptors (Lipinski definition) is 3. The Bertz CT molecular complexity index is 549. The lowest BCUT2D eigenvalue weighted by molar-refractivity contribution is 0.487. The van der Waals surface area contributed by atoms with Crippen LogP contribution in [0.3, 0.4) is 0 Å². The Hall–Kier alpha value is -1.40. The standard InChI is InChI=1S/C13H20FN5.ClH/c1-4-7-19-11(5-6-16-19)8-15-9-12-10(2)17-18(3)13(12)14;/h5-6,15H,4,7-9H2,1-3H3;1H. The van der Waals surface area contributed by atoms with Gasteiger partial charge in [0.2, 0.25) is 5.95 Å². The third kappa shape index (κ3) is 3.58. The summed E-state index contributed by atoms with van der Waals surface area (Å²) in [5.41, 5.74) is 2.47. The average molecular weight is 302 g/mol. The Labute approximate surface area is 124 Å². The van der Waals surface area contributed by atoms with E-state index in [1.54, 1.807) is 13.2 Å². The zero-order valence-corrected chi connectivity index (χ0v) is 12.9. The van der Waals surface area contributed by atoms with Gasteiger partial charge in [-0.25, -0.2) is 4.68 Å². The van der Waals surface area contributed by atoms with Crippen LogP contribution in [0.1, 0.15) is 30.3 Å². The van der Waals surface area contributed by atoms with Crippen molar-refractivity contribution in [2.45, 2.75) is 39.9 Å². The predicted molar refractivity (Wildman–Crippen MR) is 78.2 cm³/mol.